The third-order valence-electron chi connectivity index (χ3n) is 2.90. The number of nitrogens with zero attached hydrogens (tertiary/aromatic N) is 1. The summed E-state index contributed by atoms with van der Waals surface area (Å²) in [6, 6.07) is 5.60. The van der Waals surface area contributed by atoms with Crippen molar-refractivity contribution in [3.63, 3.8) is 0 Å². The minimum atomic E-state index is -3.30. The Hall–Kier alpha value is -1.47. The van der Waals surface area contributed by atoms with Crippen molar-refractivity contribution in [3.05, 3.63) is 35.4 Å². The lowest BCUT2D eigenvalue weighted by Gasteiger charge is -2.19. The van der Waals surface area contributed by atoms with Crippen LogP contribution in [0.5, 0.6) is 0 Å². The molecule has 0 aliphatic rings. The highest BCUT2D eigenvalue weighted by molar-refractivity contribution is 7.91. The van der Waals surface area contributed by atoms with E-state index in [0.717, 1.165) is 6.92 Å². The molecule has 0 aliphatic heterocycles. The number of hydrogen-bond acceptors (Lipinski definition) is 4. The smallest absolute Gasteiger partial charge is 0.306 e. The zero-order valence-electron chi connectivity index (χ0n) is 13.9. The van der Waals surface area contributed by atoms with Crippen molar-refractivity contribution in [2.24, 2.45) is 4.40 Å². The molecule has 0 saturated carbocycles. The molecule has 128 valence electrons. The molecule has 1 aromatic rings. The maximum absolute atomic E-state index is 14.0. The maximum Gasteiger partial charge on any atom is 0.306 e. The Morgan fingerprint density at radius 2 is 1.91 bits per heavy atom. The Balaban J connectivity index is 3.04. The summed E-state index contributed by atoms with van der Waals surface area (Å²) in [5, 5.41) is 0. The fraction of sp³-hybridized carbons (Fsp3) is 0.500. The van der Waals surface area contributed by atoms with Gasteiger partial charge in [-0.15, -0.1) is 0 Å². The van der Waals surface area contributed by atoms with E-state index in [1.807, 2.05) is 0 Å². The molecule has 1 rings (SSSR count). The largest absolute Gasteiger partial charge is 0.591 e. The summed E-state index contributed by atoms with van der Waals surface area (Å²) < 4.78 is 48.0. The molecule has 0 amide bonds. The summed E-state index contributed by atoms with van der Waals surface area (Å²) in [5.74, 6) is -4.07. The second kappa shape index (κ2) is 7.40. The fourth-order valence-corrected chi connectivity index (χ4v) is 2.19. The van der Waals surface area contributed by atoms with E-state index in [1.54, 1.807) is 33.8 Å². The van der Waals surface area contributed by atoms with E-state index in [1.165, 1.54) is 18.2 Å². The highest BCUT2D eigenvalue weighted by atomic mass is 32.2. The van der Waals surface area contributed by atoms with E-state index >= 15 is 0 Å². The Kier molecular flexibility index (Phi) is 6.30. The van der Waals surface area contributed by atoms with Gasteiger partial charge < -0.3 is 9.29 Å². The van der Waals surface area contributed by atoms with Crippen molar-refractivity contribution in [1.29, 1.82) is 0 Å². The first-order valence-corrected chi connectivity index (χ1v) is 8.13. The lowest BCUT2D eigenvalue weighted by molar-refractivity contribution is -0.153. The highest BCUT2D eigenvalue weighted by Gasteiger charge is 2.33. The SMILES string of the molecule is CC(=O)OCC(F)(F)c1cccc(C(C)=N[S+]([O-])C(C)(C)C)c1. The molecule has 1 aromatic carbocycles. The quantitative estimate of drug-likeness (QED) is 0.465. The Labute approximate surface area is 138 Å². The Morgan fingerprint density at radius 3 is 2.43 bits per heavy atom. The third kappa shape index (κ3) is 5.91. The Morgan fingerprint density at radius 1 is 1.30 bits per heavy atom. The predicted molar refractivity (Wildman–Crippen MR) is 87.1 cm³/mol. The molecule has 1 atom stereocenters. The molecule has 0 N–H and O–H groups in total. The third-order valence-corrected chi connectivity index (χ3v) is 4.39. The van der Waals surface area contributed by atoms with Gasteiger partial charge in [0.1, 0.15) is 16.1 Å². The van der Waals surface area contributed by atoms with Gasteiger partial charge in [-0.3, -0.25) is 4.79 Å². The van der Waals surface area contributed by atoms with Crippen LogP contribution in [-0.2, 0) is 26.8 Å². The van der Waals surface area contributed by atoms with Crippen LogP contribution >= 0.6 is 0 Å². The average Bonchev–Trinajstić information content (AvgIpc) is 2.44. The van der Waals surface area contributed by atoms with Crippen LogP contribution in [0, 0.1) is 0 Å². The molecule has 0 spiro atoms. The van der Waals surface area contributed by atoms with E-state index in [2.05, 4.69) is 9.13 Å². The standard InChI is InChI=1S/C16H21F2NO3S/c1-11(19-23(21)15(3,4)5)13-7-6-8-14(9-13)16(17,18)10-22-12(2)20/h6-9H,10H2,1-5H3. The second-order valence-electron chi connectivity index (χ2n) is 6.10. The molecule has 7 heteroatoms. The number of rotatable bonds is 5. The van der Waals surface area contributed by atoms with Gasteiger partial charge in [0.25, 0.3) is 0 Å². The van der Waals surface area contributed by atoms with Crippen LogP contribution in [-0.4, -0.2) is 27.6 Å². The predicted octanol–water partition coefficient (Wildman–Crippen LogP) is 3.61. The summed E-state index contributed by atoms with van der Waals surface area (Å²) in [6.07, 6.45) is 0. The van der Waals surface area contributed by atoms with E-state index in [0.29, 0.717) is 11.3 Å². The Bertz CT molecular complexity index is 597. The number of ether oxygens (including phenoxy) is 1. The van der Waals surface area contributed by atoms with Crippen LogP contribution in [0.3, 0.4) is 0 Å². The van der Waals surface area contributed by atoms with Gasteiger partial charge in [-0.05, 0) is 33.8 Å². The molecule has 0 aromatic heterocycles. The van der Waals surface area contributed by atoms with Crippen molar-refractivity contribution < 1.29 is 22.9 Å². The minimum Gasteiger partial charge on any atom is -0.591 e. The molecule has 0 aliphatic carbocycles. The number of alkyl halides is 2. The first-order chi connectivity index (χ1) is 10.4. The molecule has 0 radical (unpaired) electrons. The zero-order chi connectivity index (χ0) is 17.8. The monoisotopic (exact) mass is 345 g/mol. The zero-order valence-corrected chi connectivity index (χ0v) is 14.7. The first-order valence-electron chi connectivity index (χ1n) is 7.03. The lowest BCUT2D eigenvalue weighted by Crippen LogP contribution is -2.27. The summed E-state index contributed by atoms with van der Waals surface area (Å²) in [7, 11) is 0. The molecule has 0 bridgehead atoms. The molecule has 4 nitrogen and oxygen atoms in total. The van der Waals surface area contributed by atoms with E-state index in [9.17, 15) is 18.1 Å². The average molecular weight is 345 g/mol. The molecular weight excluding hydrogens is 324 g/mol. The van der Waals surface area contributed by atoms with Crippen LogP contribution < -0.4 is 0 Å². The first kappa shape index (κ1) is 19.6. The maximum atomic E-state index is 14.0. The van der Waals surface area contributed by atoms with Gasteiger partial charge in [0.05, 0.1) is 5.71 Å². The van der Waals surface area contributed by atoms with Gasteiger partial charge in [0.15, 0.2) is 6.61 Å². The molecule has 23 heavy (non-hydrogen) atoms. The van der Waals surface area contributed by atoms with Crippen molar-refractivity contribution in [2.45, 2.75) is 45.3 Å². The van der Waals surface area contributed by atoms with Gasteiger partial charge in [-0.25, -0.2) is 0 Å². The minimum absolute atomic E-state index is 0.285. The van der Waals surface area contributed by atoms with Gasteiger partial charge in [0, 0.05) is 18.1 Å². The van der Waals surface area contributed by atoms with Gasteiger partial charge >= 0.3 is 11.9 Å². The summed E-state index contributed by atoms with van der Waals surface area (Å²) >= 11 is -1.47. The highest BCUT2D eigenvalue weighted by Crippen LogP contribution is 2.29. The normalized spacial score (nSPS) is 14.5. The fourth-order valence-electron chi connectivity index (χ4n) is 1.56. The van der Waals surface area contributed by atoms with Gasteiger partial charge in [-0.2, -0.15) is 8.78 Å². The van der Waals surface area contributed by atoms with Crippen molar-refractivity contribution in [3.8, 4) is 0 Å². The molecule has 1 unspecified atom stereocenters. The number of halogens is 2. The van der Waals surface area contributed by atoms with Crippen LogP contribution in [0.4, 0.5) is 8.78 Å². The molecule has 0 fully saturated rings. The summed E-state index contributed by atoms with van der Waals surface area (Å²) in [4.78, 5) is 10.7. The lowest BCUT2D eigenvalue weighted by atomic mass is 10.0. The van der Waals surface area contributed by atoms with Gasteiger partial charge in [0.2, 0.25) is 0 Å². The molecular formula is C16H21F2NO3S. The van der Waals surface area contributed by atoms with Crippen molar-refractivity contribution in [1.82, 2.24) is 0 Å². The van der Waals surface area contributed by atoms with E-state index in [-0.39, 0.29) is 5.56 Å². The number of carbonyl (C=O) groups is 1. The number of hydrogen-bond donors (Lipinski definition) is 0. The van der Waals surface area contributed by atoms with E-state index in [4.69, 9.17) is 0 Å². The molecule has 0 saturated heterocycles. The van der Waals surface area contributed by atoms with Gasteiger partial charge in [-0.1, -0.05) is 22.6 Å². The van der Waals surface area contributed by atoms with Crippen LogP contribution in [0.2, 0.25) is 0 Å². The van der Waals surface area contributed by atoms with Crippen molar-refractivity contribution in [2.75, 3.05) is 6.61 Å². The van der Waals surface area contributed by atoms with Crippen molar-refractivity contribution >= 4 is 23.0 Å². The van der Waals surface area contributed by atoms with Crippen LogP contribution in [0.15, 0.2) is 28.7 Å². The second-order valence-corrected chi connectivity index (χ2v) is 8.01. The van der Waals surface area contributed by atoms with E-state index < -0.39 is 34.6 Å². The molecule has 0 heterocycles. The summed E-state index contributed by atoms with van der Waals surface area (Å²) in [6.45, 7) is 7.02. The number of esters is 1. The summed E-state index contributed by atoms with van der Waals surface area (Å²) in [5.41, 5.74) is 0.568. The van der Waals surface area contributed by atoms with Crippen LogP contribution in [0.1, 0.15) is 45.7 Å². The topological polar surface area (TPSA) is 61.7 Å². The number of carbonyl (C=O) groups excluding carboxylic acids is 1. The number of benzene rings is 1. The van der Waals surface area contributed by atoms with Crippen LogP contribution in [0.25, 0.3) is 0 Å².